The maximum absolute atomic E-state index is 10.1. The normalized spacial score (nSPS) is 8.62. The van der Waals surface area contributed by atoms with Gasteiger partial charge in [-0.2, -0.15) is 0 Å². The van der Waals surface area contributed by atoms with Crippen LogP contribution in [0.25, 0.3) is 0 Å². The third-order valence-corrected chi connectivity index (χ3v) is 1.26. The first-order chi connectivity index (χ1) is 6.29. The molecule has 4 heteroatoms. The number of aliphatic carboxylic acids is 1. The Kier molecular flexibility index (Phi) is 3.45. The Morgan fingerprint density at radius 1 is 1.46 bits per heavy atom. The topological polar surface area (TPSA) is 63.1 Å². The summed E-state index contributed by atoms with van der Waals surface area (Å²) in [5.74, 6) is 4.65. The predicted octanol–water partition coefficient (Wildman–Crippen LogP) is 0.693. The minimum atomic E-state index is -0.835. The van der Waals surface area contributed by atoms with E-state index in [9.17, 15) is 4.79 Å². The van der Waals surface area contributed by atoms with Crippen LogP contribution in [0.3, 0.4) is 0 Å². The number of aromatic nitrogens is 2. The van der Waals surface area contributed by atoms with E-state index in [4.69, 9.17) is 5.11 Å². The van der Waals surface area contributed by atoms with Gasteiger partial charge in [0.15, 0.2) is 0 Å². The fourth-order valence-corrected chi connectivity index (χ4v) is 0.698. The minimum Gasteiger partial charge on any atom is -0.481 e. The number of carboxylic acids is 1. The molecule has 0 aliphatic carbocycles. The highest BCUT2D eigenvalue weighted by Gasteiger charge is 1.91. The molecule has 13 heavy (non-hydrogen) atoms. The van der Waals surface area contributed by atoms with Crippen molar-refractivity contribution in [2.75, 3.05) is 0 Å². The number of carboxylic acid groups (broad SMARTS) is 1. The molecular weight excluding hydrogens is 168 g/mol. The molecule has 0 aromatic carbocycles. The number of nitrogens with zero attached hydrogens (tertiary/aromatic N) is 2. The lowest BCUT2D eigenvalue weighted by atomic mass is 10.3. The molecule has 0 aliphatic heterocycles. The molecule has 0 amide bonds. The van der Waals surface area contributed by atoms with Gasteiger partial charge in [-0.25, -0.2) is 9.97 Å². The van der Waals surface area contributed by atoms with Gasteiger partial charge in [0.05, 0.1) is 12.0 Å². The van der Waals surface area contributed by atoms with Crippen LogP contribution in [0, 0.1) is 11.8 Å². The van der Waals surface area contributed by atoms with E-state index in [0.29, 0.717) is 12.0 Å². The highest BCUT2D eigenvalue weighted by atomic mass is 16.4. The van der Waals surface area contributed by atoms with Crippen LogP contribution in [-0.4, -0.2) is 21.0 Å². The quantitative estimate of drug-likeness (QED) is 0.673. The SMILES string of the molecule is O=C(O)CCC#Cc1cncnc1. The van der Waals surface area contributed by atoms with Crippen LogP contribution in [-0.2, 0) is 4.79 Å². The van der Waals surface area contributed by atoms with Gasteiger partial charge in [0.2, 0.25) is 0 Å². The van der Waals surface area contributed by atoms with Gasteiger partial charge in [-0.15, -0.1) is 0 Å². The van der Waals surface area contributed by atoms with Crippen LogP contribution in [0.1, 0.15) is 18.4 Å². The molecule has 1 N–H and O–H groups in total. The Morgan fingerprint density at radius 2 is 2.15 bits per heavy atom. The lowest BCUT2D eigenvalue weighted by Crippen LogP contribution is -1.91. The van der Waals surface area contributed by atoms with Gasteiger partial charge in [-0.3, -0.25) is 4.79 Å². The third kappa shape index (κ3) is 3.87. The van der Waals surface area contributed by atoms with Crippen molar-refractivity contribution in [2.45, 2.75) is 12.8 Å². The molecule has 1 heterocycles. The van der Waals surface area contributed by atoms with Crippen molar-refractivity contribution in [2.24, 2.45) is 0 Å². The Bertz CT molecular complexity index is 338. The zero-order valence-corrected chi connectivity index (χ0v) is 6.90. The largest absolute Gasteiger partial charge is 0.481 e. The fraction of sp³-hybridized carbons (Fsp3) is 0.222. The van der Waals surface area contributed by atoms with E-state index >= 15 is 0 Å². The molecule has 0 saturated heterocycles. The molecule has 0 spiro atoms. The smallest absolute Gasteiger partial charge is 0.304 e. The van der Waals surface area contributed by atoms with E-state index in [1.165, 1.54) is 6.33 Å². The second-order valence-electron chi connectivity index (χ2n) is 2.32. The Balaban J connectivity index is 2.44. The van der Waals surface area contributed by atoms with E-state index in [2.05, 4.69) is 21.8 Å². The second-order valence-corrected chi connectivity index (χ2v) is 2.32. The van der Waals surface area contributed by atoms with Gasteiger partial charge in [-0.05, 0) is 0 Å². The first-order valence-corrected chi connectivity index (χ1v) is 3.74. The first-order valence-electron chi connectivity index (χ1n) is 3.74. The van der Waals surface area contributed by atoms with Crippen molar-refractivity contribution in [1.29, 1.82) is 0 Å². The molecule has 1 aromatic rings. The Labute approximate surface area is 75.7 Å². The molecule has 66 valence electrons. The van der Waals surface area contributed by atoms with Crippen LogP contribution in [0.15, 0.2) is 18.7 Å². The van der Waals surface area contributed by atoms with Gasteiger partial charge >= 0.3 is 5.97 Å². The summed E-state index contributed by atoms with van der Waals surface area (Å²) in [4.78, 5) is 17.7. The van der Waals surface area contributed by atoms with Gasteiger partial charge in [0, 0.05) is 18.8 Å². The second kappa shape index (κ2) is 4.88. The first kappa shape index (κ1) is 9.20. The predicted molar refractivity (Wildman–Crippen MR) is 45.8 cm³/mol. The lowest BCUT2D eigenvalue weighted by molar-refractivity contribution is -0.136. The summed E-state index contributed by atoms with van der Waals surface area (Å²) in [5, 5.41) is 8.32. The van der Waals surface area contributed by atoms with Gasteiger partial charge in [-0.1, -0.05) is 11.8 Å². The lowest BCUT2D eigenvalue weighted by Gasteiger charge is -1.85. The summed E-state index contributed by atoms with van der Waals surface area (Å²) in [6.07, 6.45) is 5.01. The summed E-state index contributed by atoms with van der Waals surface area (Å²) in [6.45, 7) is 0. The molecule has 0 saturated carbocycles. The van der Waals surface area contributed by atoms with E-state index in [1.54, 1.807) is 12.4 Å². The number of rotatable bonds is 2. The molecule has 0 bridgehead atoms. The van der Waals surface area contributed by atoms with Crippen molar-refractivity contribution >= 4 is 5.97 Å². The number of carbonyl (C=O) groups is 1. The zero-order valence-electron chi connectivity index (χ0n) is 6.90. The van der Waals surface area contributed by atoms with Crippen LogP contribution in [0.5, 0.6) is 0 Å². The Morgan fingerprint density at radius 3 is 2.77 bits per heavy atom. The molecule has 0 radical (unpaired) electrons. The highest BCUT2D eigenvalue weighted by Crippen LogP contribution is 1.90. The average Bonchev–Trinajstić information content (AvgIpc) is 2.14. The van der Waals surface area contributed by atoms with E-state index in [1.807, 2.05) is 0 Å². The van der Waals surface area contributed by atoms with E-state index in [0.717, 1.165) is 0 Å². The standard InChI is InChI=1S/C9H8N2O2/c12-9(13)4-2-1-3-8-5-10-7-11-6-8/h5-7H,2,4H2,(H,12,13). The van der Waals surface area contributed by atoms with Gasteiger partial charge in [0.25, 0.3) is 0 Å². The summed E-state index contributed by atoms with van der Waals surface area (Å²) in [5.41, 5.74) is 0.702. The van der Waals surface area contributed by atoms with Crippen LogP contribution >= 0.6 is 0 Å². The summed E-state index contributed by atoms with van der Waals surface area (Å²) < 4.78 is 0. The molecule has 4 nitrogen and oxygen atoms in total. The highest BCUT2D eigenvalue weighted by molar-refractivity contribution is 5.67. The zero-order chi connectivity index (χ0) is 9.52. The van der Waals surface area contributed by atoms with Gasteiger partial charge in [0.1, 0.15) is 6.33 Å². The third-order valence-electron chi connectivity index (χ3n) is 1.26. The van der Waals surface area contributed by atoms with E-state index in [-0.39, 0.29) is 6.42 Å². The number of hydrogen-bond donors (Lipinski definition) is 1. The molecule has 1 aromatic heterocycles. The monoisotopic (exact) mass is 176 g/mol. The van der Waals surface area contributed by atoms with Crippen molar-refractivity contribution in [3.05, 3.63) is 24.3 Å². The van der Waals surface area contributed by atoms with Crippen molar-refractivity contribution < 1.29 is 9.90 Å². The van der Waals surface area contributed by atoms with Crippen molar-refractivity contribution in [1.82, 2.24) is 9.97 Å². The summed E-state index contributed by atoms with van der Waals surface area (Å²) >= 11 is 0. The molecule has 0 unspecified atom stereocenters. The fourth-order valence-electron chi connectivity index (χ4n) is 0.698. The van der Waals surface area contributed by atoms with Crippen molar-refractivity contribution in [3.63, 3.8) is 0 Å². The number of hydrogen-bond acceptors (Lipinski definition) is 3. The van der Waals surface area contributed by atoms with Crippen LogP contribution < -0.4 is 0 Å². The maximum Gasteiger partial charge on any atom is 0.304 e. The molecule has 0 fully saturated rings. The minimum absolute atomic E-state index is 0.0701. The summed E-state index contributed by atoms with van der Waals surface area (Å²) in [6, 6.07) is 0. The average molecular weight is 176 g/mol. The summed E-state index contributed by atoms with van der Waals surface area (Å²) in [7, 11) is 0. The molecule has 1 rings (SSSR count). The molecule has 0 aliphatic rings. The van der Waals surface area contributed by atoms with Gasteiger partial charge < -0.3 is 5.11 Å². The Hall–Kier alpha value is -1.89. The molecular formula is C9H8N2O2. The van der Waals surface area contributed by atoms with E-state index < -0.39 is 5.97 Å². The van der Waals surface area contributed by atoms with Crippen LogP contribution in [0.4, 0.5) is 0 Å². The maximum atomic E-state index is 10.1. The van der Waals surface area contributed by atoms with Crippen molar-refractivity contribution in [3.8, 4) is 11.8 Å². The van der Waals surface area contributed by atoms with Crippen LogP contribution in [0.2, 0.25) is 0 Å². The molecule has 0 atom stereocenters.